The number of nitrogens with one attached hydrogen (secondary N) is 1. The largest absolute Gasteiger partial charge is 0.384 e. The SMILES string of the molecule is O=[N+]([O-])c1ccc(C(O)c2c[nH]cc2-c2ccc(Cl)cc2Cl)cc1. The van der Waals surface area contributed by atoms with Crippen LogP contribution in [0.15, 0.2) is 54.9 Å². The van der Waals surface area contributed by atoms with Crippen LogP contribution >= 0.6 is 23.2 Å². The summed E-state index contributed by atoms with van der Waals surface area (Å²) in [6.07, 6.45) is 2.46. The maximum atomic E-state index is 10.7. The van der Waals surface area contributed by atoms with Crippen molar-refractivity contribution in [1.29, 1.82) is 0 Å². The molecular weight excluding hydrogens is 351 g/mol. The predicted octanol–water partition coefficient (Wildman–Crippen LogP) is 4.98. The van der Waals surface area contributed by atoms with Crippen molar-refractivity contribution in [2.24, 2.45) is 0 Å². The summed E-state index contributed by atoms with van der Waals surface area (Å²) in [6.45, 7) is 0. The van der Waals surface area contributed by atoms with Gasteiger partial charge in [0.1, 0.15) is 6.10 Å². The van der Waals surface area contributed by atoms with Gasteiger partial charge < -0.3 is 10.1 Å². The van der Waals surface area contributed by atoms with E-state index in [1.165, 1.54) is 24.3 Å². The minimum absolute atomic E-state index is 0.0269. The number of halogens is 2. The molecule has 0 spiro atoms. The average Bonchev–Trinajstić information content (AvgIpc) is 3.03. The molecule has 2 N–H and O–H groups in total. The second-order valence-electron chi connectivity index (χ2n) is 5.20. The Balaban J connectivity index is 1.98. The van der Waals surface area contributed by atoms with Gasteiger partial charge in [0.05, 0.1) is 4.92 Å². The summed E-state index contributed by atoms with van der Waals surface area (Å²) in [5, 5.41) is 22.4. The van der Waals surface area contributed by atoms with Crippen molar-refractivity contribution in [2.75, 3.05) is 0 Å². The molecule has 5 nitrogen and oxygen atoms in total. The Morgan fingerprint density at radius 1 is 1.04 bits per heavy atom. The van der Waals surface area contributed by atoms with Crippen molar-refractivity contribution in [3.63, 3.8) is 0 Å². The number of aromatic amines is 1. The van der Waals surface area contributed by atoms with E-state index in [2.05, 4.69) is 4.98 Å². The van der Waals surface area contributed by atoms with Crippen LogP contribution in [0.2, 0.25) is 10.0 Å². The van der Waals surface area contributed by atoms with Crippen molar-refractivity contribution in [2.45, 2.75) is 6.10 Å². The Kier molecular flexibility index (Phi) is 4.57. The minimum atomic E-state index is -0.946. The molecule has 0 bridgehead atoms. The number of aromatic nitrogens is 1. The summed E-state index contributed by atoms with van der Waals surface area (Å²) in [5.74, 6) is 0. The summed E-state index contributed by atoms with van der Waals surface area (Å²) in [7, 11) is 0. The Morgan fingerprint density at radius 3 is 2.38 bits per heavy atom. The lowest BCUT2D eigenvalue weighted by atomic mass is 9.96. The van der Waals surface area contributed by atoms with E-state index in [1.807, 2.05) is 0 Å². The third-order valence-electron chi connectivity index (χ3n) is 3.71. The van der Waals surface area contributed by atoms with E-state index in [0.717, 1.165) is 11.1 Å². The van der Waals surface area contributed by atoms with Crippen molar-refractivity contribution < 1.29 is 10.0 Å². The van der Waals surface area contributed by atoms with E-state index in [9.17, 15) is 15.2 Å². The van der Waals surface area contributed by atoms with Crippen molar-refractivity contribution in [1.82, 2.24) is 4.98 Å². The zero-order chi connectivity index (χ0) is 17.3. The lowest BCUT2D eigenvalue weighted by Gasteiger charge is -2.13. The van der Waals surface area contributed by atoms with Crippen LogP contribution in [0.25, 0.3) is 11.1 Å². The Labute approximate surface area is 147 Å². The molecule has 0 fully saturated rings. The molecule has 0 radical (unpaired) electrons. The number of nitro benzene ring substituents is 1. The molecule has 1 heterocycles. The number of hydrogen-bond acceptors (Lipinski definition) is 3. The maximum Gasteiger partial charge on any atom is 0.269 e. The molecule has 1 unspecified atom stereocenters. The summed E-state index contributed by atoms with van der Waals surface area (Å²) >= 11 is 12.2. The molecular formula is C17H12Cl2N2O3. The molecule has 1 aromatic heterocycles. The molecule has 7 heteroatoms. The van der Waals surface area contributed by atoms with Crippen LogP contribution in [-0.2, 0) is 0 Å². The van der Waals surface area contributed by atoms with Crippen LogP contribution in [0, 0.1) is 10.1 Å². The van der Waals surface area contributed by atoms with E-state index in [1.54, 1.807) is 30.6 Å². The summed E-state index contributed by atoms with van der Waals surface area (Å²) < 4.78 is 0. The van der Waals surface area contributed by atoms with Crippen LogP contribution in [0.4, 0.5) is 5.69 Å². The fraction of sp³-hybridized carbons (Fsp3) is 0.0588. The van der Waals surface area contributed by atoms with E-state index < -0.39 is 11.0 Å². The first-order valence-corrected chi connectivity index (χ1v) is 7.77. The van der Waals surface area contributed by atoms with Gasteiger partial charge in [0, 0.05) is 51.3 Å². The van der Waals surface area contributed by atoms with Gasteiger partial charge >= 0.3 is 0 Å². The number of nitro groups is 1. The van der Waals surface area contributed by atoms with E-state index in [-0.39, 0.29) is 5.69 Å². The first kappa shape index (κ1) is 16.5. The number of H-pyrrole nitrogens is 1. The molecule has 0 aliphatic heterocycles. The monoisotopic (exact) mass is 362 g/mol. The van der Waals surface area contributed by atoms with Gasteiger partial charge in [0.15, 0.2) is 0 Å². The molecule has 0 aliphatic rings. The summed E-state index contributed by atoms with van der Waals surface area (Å²) in [6, 6.07) is 10.9. The summed E-state index contributed by atoms with van der Waals surface area (Å²) in [4.78, 5) is 13.2. The zero-order valence-corrected chi connectivity index (χ0v) is 13.8. The topological polar surface area (TPSA) is 79.2 Å². The van der Waals surface area contributed by atoms with Crippen LogP contribution in [0.1, 0.15) is 17.2 Å². The highest BCUT2D eigenvalue weighted by molar-refractivity contribution is 6.36. The van der Waals surface area contributed by atoms with Gasteiger partial charge in [-0.25, -0.2) is 0 Å². The Bertz CT molecular complexity index is 891. The van der Waals surface area contributed by atoms with E-state index in [4.69, 9.17) is 23.2 Å². The highest BCUT2D eigenvalue weighted by Crippen LogP contribution is 2.36. The highest BCUT2D eigenvalue weighted by Gasteiger charge is 2.19. The molecule has 2 aromatic carbocycles. The van der Waals surface area contributed by atoms with Gasteiger partial charge in [-0.15, -0.1) is 0 Å². The first-order chi connectivity index (χ1) is 11.5. The molecule has 24 heavy (non-hydrogen) atoms. The Morgan fingerprint density at radius 2 is 1.75 bits per heavy atom. The lowest BCUT2D eigenvalue weighted by Crippen LogP contribution is -2.00. The average molecular weight is 363 g/mol. The zero-order valence-electron chi connectivity index (χ0n) is 12.2. The number of rotatable bonds is 4. The molecule has 1 atom stereocenters. The predicted molar refractivity (Wildman–Crippen MR) is 93.4 cm³/mol. The number of nitrogens with zero attached hydrogens (tertiary/aromatic N) is 1. The third kappa shape index (κ3) is 3.14. The third-order valence-corrected chi connectivity index (χ3v) is 4.26. The number of non-ortho nitro benzene ring substituents is 1. The van der Waals surface area contributed by atoms with Gasteiger partial charge in [-0.1, -0.05) is 29.3 Å². The maximum absolute atomic E-state index is 10.7. The number of aliphatic hydroxyl groups is 1. The molecule has 0 saturated carbocycles. The molecule has 0 aliphatic carbocycles. The second-order valence-corrected chi connectivity index (χ2v) is 6.04. The van der Waals surface area contributed by atoms with E-state index >= 15 is 0 Å². The van der Waals surface area contributed by atoms with Crippen LogP contribution in [-0.4, -0.2) is 15.0 Å². The van der Waals surface area contributed by atoms with Crippen molar-refractivity contribution >= 4 is 28.9 Å². The van der Waals surface area contributed by atoms with Gasteiger partial charge in [-0.2, -0.15) is 0 Å². The van der Waals surface area contributed by atoms with Crippen LogP contribution in [0.5, 0.6) is 0 Å². The fourth-order valence-electron chi connectivity index (χ4n) is 2.50. The molecule has 3 rings (SSSR count). The van der Waals surface area contributed by atoms with Gasteiger partial charge in [-0.3, -0.25) is 10.1 Å². The van der Waals surface area contributed by atoms with Crippen molar-refractivity contribution in [3.05, 3.63) is 86.1 Å². The lowest BCUT2D eigenvalue weighted by molar-refractivity contribution is -0.384. The number of aliphatic hydroxyl groups excluding tert-OH is 1. The first-order valence-electron chi connectivity index (χ1n) is 7.02. The summed E-state index contributed by atoms with van der Waals surface area (Å²) in [5.41, 5.74) is 2.61. The van der Waals surface area contributed by atoms with Crippen LogP contribution in [0.3, 0.4) is 0 Å². The van der Waals surface area contributed by atoms with Gasteiger partial charge in [-0.05, 0) is 29.8 Å². The molecule has 0 saturated heterocycles. The Hall–Kier alpha value is -2.34. The van der Waals surface area contributed by atoms with E-state index in [0.29, 0.717) is 21.2 Å². The van der Waals surface area contributed by atoms with Gasteiger partial charge in [0.2, 0.25) is 0 Å². The minimum Gasteiger partial charge on any atom is -0.384 e. The normalized spacial score (nSPS) is 12.1. The second kappa shape index (κ2) is 6.65. The van der Waals surface area contributed by atoms with Gasteiger partial charge in [0.25, 0.3) is 5.69 Å². The molecule has 3 aromatic rings. The van der Waals surface area contributed by atoms with Crippen LogP contribution < -0.4 is 0 Å². The molecule has 0 amide bonds. The molecule has 122 valence electrons. The van der Waals surface area contributed by atoms with Crippen molar-refractivity contribution in [3.8, 4) is 11.1 Å². The fourth-order valence-corrected chi connectivity index (χ4v) is 3.01. The quantitative estimate of drug-likeness (QED) is 0.507. The number of hydrogen-bond donors (Lipinski definition) is 2. The number of benzene rings is 2. The highest BCUT2D eigenvalue weighted by atomic mass is 35.5. The smallest absolute Gasteiger partial charge is 0.269 e. The standard InChI is InChI=1S/C17H12Cl2N2O3/c18-11-3-6-13(16(19)7-11)14-8-20-9-15(14)17(22)10-1-4-12(5-2-10)21(23)24/h1-9,17,20,22H.